The normalized spacial score (nSPS) is 11.6. The van der Waals surface area contributed by atoms with Crippen LogP contribution in [0.4, 0.5) is 27.9 Å². The molecule has 0 fully saturated rings. The Morgan fingerprint density at radius 1 is 0.886 bits per heavy atom. The van der Waals surface area contributed by atoms with Crippen molar-refractivity contribution in [2.24, 2.45) is 20.5 Å². The predicted molar refractivity (Wildman–Crippen MR) is 138 cm³/mol. The van der Waals surface area contributed by atoms with E-state index in [1.165, 1.54) is 11.3 Å². The number of carbonyl (C=O) groups excluding carboxylic acids is 1. The van der Waals surface area contributed by atoms with Gasteiger partial charge >= 0.3 is 0 Å². The van der Waals surface area contributed by atoms with Crippen LogP contribution in [0.3, 0.4) is 0 Å². The molecule has 35 heavy (non-hydrogen) atoms. The number of thiazole rings is 1. The maximum Gasteiger partial charge on any atom is 0.231 e. The van der Waals surface area contributed by atoms with Gasteiger partial charge < -0.3 is 14.8 Å². The van der Waals surface area contributed by atoms with E-state index < -0.39 is 5.97 Å². The summed E-state index contributed by atoms with van der Waals surface area (Å²) in [6.07, 6.45) is 1.93. The molecule has 4 aromatic rings. The molecule has 0 aliphatic heterocycles. The van der Waals surface area contributed by atoms with E-state index in [-0.39, 0.29) is 11.3 Å². The van der Waals surface area contributed by atoms with Crippen LogP contribution in [0.1, 0.15) is 37.0 Å². The molecule has 0 aliphatic rings. The number of carbonyl (C=O) groups is 1. The molecule has 1 aromatic heterocycles. The molecule has 9 heteroatoms. The molecule has 1 heterocycles. The molecule has 3 aromatic carbocycles. The van der Waals surface area contributed by atoms with Crippen LogP contribution in [0, 0.1) is 0 Å². The Morgan fingerprint density at radius 3 is 2.34 bits per heavy atom. The SMILES string of the molecule is CCCN(CCC)c1ccc(N=Nc2nc3ccc(N=Nc4ccccc4)cc3s2)c(C(=O)[O-])c1. The van der Waals surface area contributed by atoms with Gasteiger partial charge in [0.15, 0.2) is 0 Å². The van der Waals surface area contributed by atoms with Crippen molar-refractivity contribution in [1.82, 2.24) is 4.98 Å². The van der Waals surface area contributed by atoms with Crippen LogP contribution < -0.4 is 10.0 Å². The van der Waals surface area contributed by atoms with Crippen LogP contribution in [-0.2, 0) is 0 Å². The third kappa shape index (κ3) is 6.13. The molecule has 8 nitrogen and oxygen atoms in total. The van der Waals surface area contributed by atoms with Crippen molar-refractivity contribution in [1.29, 1.82) is 0 Å². The molecule has 0 atom stereocenters. The third-order valence-corrected chi connectivity index (χ3v) is 6.10. The Morgan fingerprint density at radius 2 is 1.63 bits per heavy atom. The van der Waals surface area contributed by atoms with Crippen molar-refractivity contribution in [2.45, 2.75) is 26.7 Å². The number of azo groups is 2. The molecule has 178 valence electrons. The average molecular weight is 486 g/mol. The summed E-state index contributed by atoms with van der Waals surface area (Å²) in [7, 11) is 0. The molecule has 0 bridgehead atoms. The third-order valence-electron chi connectivity index (χ3n) is 5.19. The van der Waals surface area contributed by atoms with Gasteiger partial charge in [-0.2, -0.15) is 10.2 Å². The first-order valence-corrected chi connectivity index (χ1v) is 12.3. The first kappa shape index (κ1) is 24.2. The van der Waals surface area contributed by atoms with Gasteiger partial charge in [0.25, 0.3) is 0 Å². The lowest BCUT2D eigenvalue weighted by atomic mass is 10.1. The molecule has 0 aliphatic carbocycles. The van der Waals surface area contributed by atoms with E-state index in [1.54, 1.807) is 12.1 Å². The monoisotopic (exact) mass is 485 g/mol. The molecule has 0 unspecified atom stereocenters. The van der Waals surface area contributed by atoms with Gasteiger partial charge in [-0.15, -0.1) is 10.2 Å². The van der Waals surface area contributed by atoms with Crippen LogP contribution in [0.5, 0.6) is 0 Å². The molecule has 0 saturated heterocycles. The van der Waals surface area contributed by atoms with Crippen LogP contribution in [-0.4, -0.2) is 24.0 Å². The summed E-state index contributed by atoms with van der Waals surface area (Å²) in [6, 6.07) is 20.2. The summed E-state index contributed by atoms with van der Waals surface area (Å²) in [5.74, 6) is -1.29. The van der Waals surface area contributed by atoms with Gasteiger partial charge in [0.05, 0.1) is 33.2 Å². The number of carboxylic acid groups (broad SMARTS) is 1. The van der Waals surface area contributed by atoms with Crippen molar-refractivity contribution in [3.8, 4) is 0 Å². The first-order valence-electron chi connectivity index (χ1n) is 11.5. The topological polar surface area (TPSA) is 106 Å². The minimum atomic E-state index is -1.29. The number of aromatic carboxylic acids is 1. The zero-order chi connectivity index (χ0) is 24.6. The van der Waals surface area contributed by atoms with Gasteiger partial charge in [0.1, 0.15) is 0 Å². The smallest absolute Gasteiger partial charge is 0.231 e. The molecule has 0 spiro atoms. The minimum Gasteiger partial charge on any atom is -0.545 e. The fraction of sp³-hybridized carbons (Fsp3) is 0.231. The van der Waals surface area contributed by atoms with E-state index in [9.17, 15) is 9.90 Å². The Bertz CT molecular complexity index is 1360. The highest BCUT2D eigenvalue weighted by Gasteiger charge is 2.11. The summed E-state index contributed by atoms with van der Waals surface area (Å²) < 4.78 is 0.883. The molecule has 4 rings (SSSR count). The number of carboxylic acids is 1. The number of hydrogen-bond acceptors (Lipinski definition) is 9. The summed E-state index contributed by atoms with van der Waals surface area (Å²) >= 11 is 1.34. The number of nitrogens with zero attached hydrogens (tertiary/aromatic N) is 6. The second-order valence-electron chi connectivity index (χ2n) is 7.86. The van der Waals surface area contributed by atoms with Gasteiger partial charge in [-0.1, -0.05) is 43.4 Å². The fourth-order valence-corrected chi connectivity index (χ4v) is 4.41. The minimum absolute atomic E-state index is 0.00757. The van der Waals surface area contributed by atoms with Crippen molar-refractivity contribution in [3.05, 3.63) is 72.3 Å². The molecule has 0 saturated carbocycles. The van der Waals surface area contributed by atoms with Crippen molar-refractivity contribution in [2.75, 3.05) is 18.0 Å². The Kier molecular flexibility index (Phi) is 7.89. The number of rotatable bonds is 10. The largest absolute Gasteiger partial charge is 0.545 e. The quantitative estimate of drug-likeness (QED) is 0.223. The molecule has 0 N–H and O–H groups in total. The van der Waals surface area contributed by atoms with Crippen molar-refractivity contribution < 1.29 is 9.90 Å². The lowest BCUT2D eigenvalue weighted by Crippen LogP contribution is -2.26. The predicted octanol–water partition coefficient (Wildman–Crippen LogP) is 7.12. The number of aromatic nitrogens is 1. The number of anilines is 1. The first-order chi connectivity index (χ1) is 17.1. The van der Waals surface area contributed by atoms with Crippen LogP contribution in [0.15, 0.2) is 87.2 Å². The van der Waals surface area contributed by atoms with E-state index in [4.69, 9.17) is 0 Å². The highest BCUT2D eigenvalue weighted by atomic mass is 32.1. The number of benzene rings is 3. The zero-order valence-electron chi connectivity index (χ0n) is 19.6. The number of fused-ring (bicyclic) bond motifs is 1. The summed E-state index contributed by atoms with van der Waals surface area (Å²) in [6.45, 7) is 5.88. The molecular formula is C26H25N6O2S-. The van der Waals surface area contributed by atoms with E-state index >= 15 is 0 Å². The van der Waals surface area contributed by atoms with Crippen LogP contribution >= 0.6 is 11.3 Å². The fourth-order valence-electron chi connectivity index (χ4n) is 3.59. The standard InChI is InChI=1S/C26H26N6O2S/c1-3-14-32(15-4-2)20-11-13-22(21(17-20)25(33)34)30-31-26-27-23-12-10-19(16-24(23)35-26)29-28-18-8-6-5-7-9-18/h5-13,16-17H,3-4,14-15H2,1-2H3,(H,33,34)/p-1. The van der Waals surface area contributed by atoms with Gasteiger partial charge in [0, 0.05) is 24.3 Å². The van der Waals surface area contributed by atoms with E-state index in [0.717, 1.165) is 47.5 Å². The highest BCUT2D eigenvalue weighted by molar-refractivity contribution is 7.21. The maximum atomic E-state index is 11.8. The maximum absolute atomic E-state index is 11.8. The summed E-state index contributed by atoms with van der Waals surface area (Å²) in [5, 5.41) is 29.1. The van der Waals surface area contributed by atoms with Gasteiger partial charge in [-0.05, 0) is 61.4 Å². The Labute approximate surface area is 207 Å². The number of hydrogen-bond donors (Lipinski definition) is 0. The summed E-state index contributed by atoms with van der Waals surface area (Å²) in [5.41, 5.74) is 3.31. The van der Waals surface area contributed by atoms with Gasteiger partial charge in [-0.3, -0.25) is 0 Å². The Hall–Kier alpha value is -3.98. The lowest BCUT2D eigenvalue weighted by Gasteiger charge is -2.24. The van der Waals surface area contributed by atoms with Crippen molar-refractivity contribution >= 4 is 55.4 Å². The molecule has 0 radical (unpaired) electrons. The van der Waals surface area contributed by atoms with Gasteiger partial charge in [0.2, 0.25) is 5.13 Å². The highest BCUT2D eigenvalue weighted by Crippen LogP contribution is 2.33. The second-order valence-corrected chi connectivity index (χ2v) is 8.87. The zero-order valence-corrected chi connectivity index (χ0v) is 20.4. The van der Waals surface area contributed by atoms with Gasteiger partial charge in [-0.25, -0.2) is 4.98 Å². The average Bonchev–Trinajstić information content (AvgIpc) is 3.29. The van der Waals surface area contributed by atoms with E-state index in [1.807, 2.05) is 54.6 Å². The Balaban J connectivity index is 1.56. The van der Waals surface area contributed by atoms with Crippen LogP contribution in [0.25, 0.3) is 10.2 Å². The lowest BCUT2D eigenvalue weighted by molar-refractivity contribution is -0.254. The van der Waals surface area contributed by atoms with Crippen molar-refractivity contribution in [3.63, 3.8) is 0 Å². The van der Waals surface area contributed by atoms with E-state index in [2.05, 4.69) is 44.2 Å². The van der Waals surface area contributed by atoms with Crippen LogP contribution in [0.2, 0.25) is 0 Å². The second kappa shape index (κ2) is 11.4. The summed E-state index contributed by atoms with van der Waals surface area (Å²) in [4.78, 5) is 18.4. The molecular weight excluding hydrogens is 460 g/mol. The molecule has 0 amide bonds. The van der Waals surface area contributed by atoms with E-state index in [0.29, 0.717) is 10.8 Å².